The zero-order chi connectivity index (χ0) is 28.9. The van der Waals surface area contributed by atoms with Crippen LogP contribution in [0.5, 0.6) is 0 Å². The first-order valence-corrected chi connectivity index (χ1v) is 15.2. The Balaban J connectivity index is 0.000000463. The van der Waals surface area contributed by atoms with E-state index in [4.69, 9.17) is 23.2 Å². The van der Waals surface area contributed by atoms with Gasteiger partial charge in [0.15, 0.2) is 5.78 Å². The van der Waals surface area contributed by atoms with Crippen molar-refractivity contribution < 1.29 is 13.2 Å². The number of ketones is 1. The van der Waals surface area contributed by atoms with Crippen LogP contribution in [-0.4, -0.2) is 14.2 Å². The second-order valence-electron chi connectivity index (χ2n) is 8.28. The third kappa shape index (κ3) is 12.4. The number of nitrogens with one attached hydrogen (secondary N) is 1. The standard InChI is InChI=1S/C20H23NO2S2.C8H6Cl2O.C2H6/c1-15(2)12-17(4)24-20-13-19(11-10-16(20)3)21-25(22,23)14-18-8-6-5-7-9-18;1-5(11)7-3-2-6(9)4-8(7)10;1-2/h5-11,13,21H,1,4,12,14H2,2-3H3;2-4H,1H3;1-2H3. The smallest absolute Gasteiger partial charge is 0.236 e. The zero-order valence-corrected chi connectivity index (χ0v) is 25.6. The molecule has 3 aromatic rings. The molecule has 0 bridgehead atoms. The van der Waals surface area contributed by atoms with Crippen LogP contribution in [0.2, 0.25) is 10.0 Å². The molecule has 8 heteroatoms. The van der Waals surface area contributed by atoms with Crippen LogP contribution in [0.25, 0.3) is 0 Å². The van der Waals surface area contributed by atoms with Gasteiger partial charge in [0, 0.05) is 21.2 Å². The molecule has 0 aromatic heterocycles. The Morgan fingerprint density at radius 2 is 1.58 bits per heavy atom. The van der Waals surface area contributed by atoms with Gasteiger partial charge >= 0.3 is 0 Å². The van der Waals surface area contributed by atoms with E-state index in [0.29, 0.717) is 21.3 Å². The average molecular weight is 593 g/mol. The normalized spacial score (nSPS) is 10.3. The summed E-state index contributed by atoms with van der Waals surface area (Å²) in [5.74, 6) is -0.0984. The molecule has 0 heterocycles. The van der Waals surface area contributed by atoms with Crippen LogP contribution in [0.4, 0.5) is 5.69 Å². The van der Waals surface area contributed by atoms with Crippen LogP contribution in [0.3, 0.4) is 0 Å². The van der Waals surface area contributed by atoms with Crippen molar-refractivity contribution in [1.82, 2.24) is 0 Å². The molecule has 3 rings (SSSR count). The maximum atomic E-state index is 12.4. The van der Waals surface area contributed by atoms with Gasteiger partial charge in [0.2, 0.25) is 10.0 Å². The van der Waals surface area contributed by atoms with Gasteiger partial charge in [-0.3, -0.25) is 9.52 Å². The lowest BCUT2D eigenvalue weighted by Crippen LogP contribution is -2.15. The largest absolute Gasteiger partial charge is 0.294 e. The Morgan fingerprint density at radius 3 is 2.13 bits per heavy atom. The molecule has 38 heavy (non-hydrogen) atoms. The molecule has 0 atom stereocenters. The van der Waals surface area contributed by atoms with Crippen molar-refractivity contribution in [3.63, 3.8) is 0 Å². The lowest BCUT2D eigenvalue weighted by Gasteiger charge is -2.12. The Labute approximate surface area is 242 Å². The van der Waals surface area contributed by atoms with Crippen molar-refractivity contribution in [2.45, 2.75) is 51.7 Å². The van der Waals surface area contributed by atoms with E-state index in [2.05, 4.69) is 17.9 Å². The van der Waals surface area contributed by atoms with E-state index in [1.54, 1.807) is 48.2 Å². The van der Waals surface area contributed by atoms with Crippen LogP contribution < -0.4 is 4.72 Å². The maximum Gasteiger partial charge on any atom is 0.236 e. The van der Waals surface area contributed by atoms with Gasteiger partial charge in [-0.25, -0.2) is 8.42 Å². The van der Waals surface area contributed by atoms with E-state index >= 15 is 0 Å². The fourth-order valence-corrected chi connectivity index (χ4v) is 5.86. The second-order valence-corrected chi connectivity index (χ2v) is 12.1. The minimum atomic E-state index is -3.46. The number of hydrogen-bond donors (Lipinski definition) is 1. The van der Waals surface area contributed by atoms with Crippen molar-refractivity contribution in [3.8, 4) is 0 Å². The topological polar surface area (TPSA) is 63.2 Å². The number of carbonyl (C=O) groups is 1. The molecule has 0 aliphatic heterocycles. The van der Waals surface area contributed by atoms with Crippen molar-refractivity contribution in [2.24, 2.45) is 0 Å². The fraction of sp³-hybridized carbons (Fsp3) is 0.233. The number of aryl methyl sites for hydroxylation is 1. The number of rotatable bonds is 9. The molecular weight excluding hydrogens is 557 g/mol. The number of benzene rings is 3. The van der Waals surface area contributed by atoms with Crippen molar-refractivity contribution in [3.05, 3.63) is 117 Å². The van der Waals surface area contributed by atoms with Gasteiger partial charge in [-0.15, -0.1) is 0 Å². The van der Waals surface area contributed by atoms with Gasteiger partial charge in [0.1, 0.15) is 0 Å². The number of Topliss-reactive ketones (excluding diaryl/α,β-unsaturated/α-hetero) is 1. The number of halogens is 2. The summed E-state index contributed by atoms with van der Waals surface area (Å²) in [5.41, 5.74) is 3.96. The first kappa shape index (κ1) is 33.5. The lowest BCUT2D eigenvalue weighted by molar-refractivity contribution is 0.101. The Hall–Kier alpha value is -2.51. The number of allylic oxidation sites excluding steroid dienone is 2. The van der Waals surface area contributed by atoms with Gasteiger partial charge < -0.3 is 0 Å². The highest BCUT2D eigenvalue weighted by Gasteiger charge is 2.13. The summed E-state index contributed by atoms with van der Waals surface area (Å²) in [6, 6.07) is 19.5. The number of sulfonamides is 1. The minimum absolute atomic E-state index is 0.0490. The summed E-state index contributed by atoms with van der Waals surface area (Å²) in [5, 5.41) is 0.949. The molecule has 0 saturated carbocycles. The van der Waals surface area contributed by atoms with E-state index in [1.165, 1.54) is 6.92 Å². The molecule has 0 spiro atoms. The van der Waals surface area contributed by atoms with Gasteiger partial charge in [-0.05, 0) is 73.6 Å². The summed E-state index contributed by atoms with van der Waals surface area (Å²) in [6.45, 7) is 17.4. The maximum absolute atomic E-state index is 12.4. The number of thioether (sulfide) groups is 1. The van der Waals surface area contributed by atoms with Gasteiger partial charge in [0.05, 0.1) is 10.8 Å². The van der Waals surface area contributed by atoms with E-state index < -0.39 is 10.0 Å². The number of hydrogen-bond acceptors (Lipinski definition) is 4. The summed E-state index contributed by atoms with van der Waals surface area (Å²) in [6.07, 6.45) is 0.744. The van der Waals surface area contributed by atoms with E-state index in [1.807, 2.05) is 58.0 Å². The van der Waals surface area contributed by atoms with Crippen molar-refractivity contribution >= 4 is 56.5 Å². The molecule has 0 aliphatic rings. The van der Waals surface area contributed by atoms with Crippen molar-refractivity contribution in [2.75, 3.05) is 4.72 Å². The third-order valence-electron chi connectivity index (χ3n) is 4.72. The van der Waals surface area contributed by atoms with Gasteiger partial charge in [-0.2, -0.15) is 0 Å². The fourth-order valence-electron chi connectivity index (χ4n) is 3.09. The van der Waals surface area contributed by atoms with Crippen LogP contribution in [0.1, 0.15) is 55.6 Å². The minimum Gasteiger partial charge on any atom is -0.294 e. The SMILES string of the molecule is C=C(C)CC(=C)Sc1cc(NS(=O)(=O)Cc2ccccc2)ccc1C.CC.CC(=O)c1ccc(Cl)cc1Cl. The molecule has 0 unspecified atom stereocenters. The summed E-state index contributed by atoms with van der Waals surface area (Å²) in [7, 11) is -3.46. The highest BCUT2D eigenvalue weighted by molar-refractivity contribution is 8.03. The first-order chi connectivity index (χ1) is 17.9. The number of carbonyl (C=O) groups excluding carboxylic acids is 1. The highest BCUT2D eigenvalue weighted by atomic mass is 35.5. The molecule has 0 saturated heterocycles. The van der Waals surface area contributed by atoms with Crippen LogP contribution >= 0.6 is 35.0 Å². The molecule has 0 fully saturated rings. The Kier molecular flexibility index (Phi) is 14.5. The first-order valence-electron chi connectivity index (χ1n) is 12.0. The van der Waals surface area contributed by atoms with E-state index in [9.17, 15) is 13.2 Å². The molecule has 0 amide bonds. The van der Waals surface area contributed by atoms with Crippen molar-refractivity contribution in [1.29, 1.82) is 0 Å². The molecule has 204 valence electrons. The molecule has 0 aliphatic carbocycles. The summed E-state index contributed by atoms with van der Waals surface area (Å²) < 4.78 is 27.4. The van der Waals surface area contributed by atoms with Gasteiger partial charge in [-0.1, -0.05) is 104 Å². The second kappa shape index (κ2) is 16.5. The number of anilines is 1. The molecule has 1 N–H and O–H groups in total. The molecule has 3 aromatic carbocycles. The van der Waals surface area contributed by atoms with E-state index in [0.717, 1.165) is 32.9 Å². The van der Waals surface area contributed by atoms with Crippen LogP contribution in [0.15, 0.2) is 95.3 Å². The monoisotopic (exact) mass is 591 g/mol. The third-order valence-corrected chi connectivity index (χ3v) is 7.63. The molecular formula is C30H35Cl2NO3S2. The van der Waals surface area contributed by atoms with Crippen LogP contribution in [-0.2, 0) is 15.8 Å². The zero-order valence-electron chi connectivity index (χ0n) is 22.5. The Morgan fingerprint density at radius 1 is 0.947 bits per heavy atom. The highest BCUT2D eigenvalue weighted by Crippen LogP contribution is 2.33. The predicted molar refractivity (Wildman–Crippen MR) is 166 cm³/mol. The van der Waals surface area contributed by atoms with Crippen LogP contribution in [0, 0.1) is 6.92 Å². The summed E-state index contributed by atoms with van der Waals surface area (Å²) >= 11 is 12.9. The molecule has 4 nitrogen and oxygen atoms in total. The van der Waals surface area contributed by atoms with E-state index in [-0.39, 0.29) is 11.5 Å². The predicted octanol–water partition coefficient (Wildman–Crippen LogP) is 9.73. The Bertz CT molecular complexity index is 1360. The molecule has 0 radical (unpaired) electrons. The quantitative estimate of drug-likeness (QED) is 0.153. The summed E-state index contributed by atoms with van der Waals surface area (Å²) in [4.78, 5) is 12.8. The average Bonchev–Trinajstić information content (AvgIpc) is 2.82. The lowest BCUT2D eigenvalue weighted by atomic mass is 10.1. The van der Waals surface area contributed by atoms with Gasteiger partial charge in [0.25, 0.3) is 0 Å².